The van der Waals surface area contributed by atoms with E-state index in [2.05, 4.69) is 0 Å². The predicted octanol–water partition coefficient (Wildman–Crippen LogP) is 2.28. The van der Waals surface area contributed by atoms with Crippen LogP contribution in [0, 0.1) is 0 Å². The molecule has 26 heavy (non-hydrogen) atoms. The van der Waals surface area contributed by atoms with Gasteiger partial charge in [0, 0.05) is 6.54 Å². The molecule has 0 radical (unpaired) electrons. The molecule has 0 aliphatic heterocycles. The number of hydrogen-bond acceptors (Lipinski definition) is 6. The van der Waals surface area contributed by atoms with E-state index >= 15 is 0 Å². The van der Waals surface area contributed by atoms with Gasteiger partial charge in [-0.2, -0.15) is 0 Å². The highest BCUT2D eigenvalue weighted by Gasteiger charge is 2.27. The van der Waals surface area contributed by atoms with Crippen LogP contribution in [0.15, 0.2) is 60.7 Å². The number of nitrogens with zero attached hydrogens (tertiary/aromatic N) is 1. The largest absolute Gasteiger partial charge is 0.444 e. The second-order valence-corrected chi connectivity index (χ2v) is 5.58. The van der Waals surface area contributed by atoms with Crippen LogP contribution in [0.3, 0.4) is 0 Å². The molecule has 0 fully saturated rings. The third-order valence-electron chi connectivity index (χ3n) is 3.52. The van der Waals surface area contributed by atoms with Crippen molar-refractivity contribution in [2.45, 2.75) is 19.3 Å². The summed E-state index contributed by atoms with van der Waals surface area (Å²) in [4.78, 5) is 25.3. The molecule has 2 aromatic rings. The molecule has 3 N–H and O–H groups in total. The minimum Gasteiger partial charge on any atom is -0.444 e. The molecular weight excluding hydrogens is 336 g/mol. The number of benzene rings is 2. The van der Waals surface area contributed by atoms with Gasteiger partial charge in [-0.25, -0.2) is 14.5 Å². The van der Waals surface area contributed by atoms with Crippen molar-refractivity contribution in [1.82, 2.24) is 4.90 Å². The monoisotopic (exact) mass is 358 g/mol. The van der Waals surface area contributed by atoms with Gasteiger partial charge in [-0.15, -0.1) is 0 Å². The van der Waals surface area contributed by atoms with Crippen molar-refractivity contribution >= 4 is 12.2 Å². The smallest absolute Gasteiger partial charge is 0.419 e. The van der Waals surface area contributed by atoms with E-state index in [9.17, 15) is 14.7 Å². The Morgan fingerprint density at radius 3 is 1.69 bits per heavy atom. The quantitative estimate of drug-likeness (QED) is 0.787. The second kappa shape index (κ2) is 10.2. The first-order valence-electron chi connectivity index (χ1n) is 8.17. The van der Waals surface area contributed by atoms with Crippen molar-refractivity contribution < 1.29 is 24.2 Å². The molecule has 1 atom stereocenters. The number of amides is 2. The van der Waals surface area contributed by atoms with Gasteiger partial charge >= 0.3 is 12.2 Å². The minimum absolute atomic E-state index is 0.000852. The van der Waals surface area contributed by atoms with Gasteiger partial charge in [0.25, 0.3) is 0 Å². The van der Waals surface area contributed by atoms with E-state index in [1.54, 1.807) is 24.3 Å². The highest BCUT2D eigenvalue weighted by Crippen LogP contribution is 2.08. The Morgan fingerprint density at radius 2 is 1.31 bits per heavy atom. The zero-order valence-corrected chi connectivity index (χ0v) is 14.3. The Morgan fingerprint density at radius 1 is 0.885 bits per heavy atom. The molecule has 0 saturated heterocycles. The fourth-order valence-electron chi connectivity index (χ4n) is 2.10. The molecule has 0 bridgehead atoms. The first kappa shape index (κ1) is 19.4. The maximum atomic E-state index is 12.3. The van der Waals surface area contributed by atoms with Crippen molar-refractivity contribution in [1.29, 1.82) is 0 Å². The zero-order valence-electron chi connectivity index (χ0n) is 14.3. The van der Waals surface area contributed by atoms with E-state index < -0.39 is 18.3 Å². The van der Waals surface area contributed by atoms with Gasteiger partial charge in [-0.1, -0.05) is 60.7 Å². The normalized spacial score (nSPS) is 11.5. The molecule has 2 aromatic carbocycles. The maximum absolute atomic E-state index is 12.3. The summed E-state index contributed by atoms with van der Waals surface area (Å²) in [6.45, 7) is -0.409. The molecule has 0 saturated carbocycles. The number of imide groups is 1. The van der Waals surface area contributed by atoms with Crippen LogP contribution in [0.1, 0.15) is 11.1 Å². The molecule has 0 spiro atoms. The van der Waals surface area contributed by atoms with Gasteiger partial charge in [0.2, 0.25) is 0 Å². The van der Waals surface area contributed by atoms with Crippen molar-refractivity contribution in [2.24, 2.45) is 5.73 Å². The second-order valence-electron chi connectivity index (χ2n) is 5.58. The third kappa shape index (κ3) is 6.19. The topological polar surface area (TPSA) is 102 Å². The summed E-state index contributed by atoms with van der Waals surface area (Å²) in [6.07, 6.45) is -2.87. The first-order chi connectivity index (χ1) is 12.6. The Balaban J connectivity index is 1.96. The van der Waals surface area contributed by atoms with Gasteiger partial charge in [-0.05, 0) is 11.1 Å². The highest BCUT2D eigenvalue weighted by atomic mass is 16.6. The van der Waals surface area contributed by atoms with Crippen LogP contribution < -0.4 is 5.73 Å². The first-order valence-corrected chi connectivity index (χ1v) is 8.17. The number of aliphatic hydroxyl groups excluding tert-OH is 1. The molecule has 138 valence electrons. The Hall–Kier alpha value is -2.90. The molecule has 7 nitrogen and oxygen atoms in total. The number of carbonyl (C=O) groups is 2. The molecule has 0 aromatic heterocycles. The van der Waals surface area contributed by atoms with Gasteiger partial charge in [0.05, 0.1) is 12.6 Å². The lowest BCUT2D eigenvalue weighted by Crippen LogP contribution is -2.44. The standard InChI is InChI=1S/C19H22N2O5/c20-11-17(22)12-21(18(23)25-13-15-7-3-1-4-8-15)19(24)26-14-16-9-5-2-6-10-16/h1-10,17,22H,11-14,20H2. The summed E-state index contributed by atoms with van der Waals surface area (Å²) in [6, 6.07) is 18.1. The van der Waals surface area contributed by atoms with Crippen LogP contribution in [0.25, 0.3) is 0 Å². The molecule has 0 aliphatic carbocycles. The summed E-state index contributed by atoms with van der Waals surface area (Å²) in [5, 5.41) is 9.71. The number of rotatable bonds is 7. The Labute approximate surface area is 151 Å². The SMILES string of the molecule is NCC(O)CN(C(=O)OCc1ccccc1)C(=O)OCc1ccccc1. The molecular formula is C19H22N2O5. The molecule has 2 amide bonds. The van der Waals surface area contributed by atoms with Gasteiger partial charge in [-0.3, -0.25) is 0 Å². The van der Waals surface area contributed by atoms with Crippen LogP contribution >= 0.6 is 0 Å². The van der Waals surface area contributed by atoms with Gasteiger partial charge in [0.15, 0.2) is 0 Å². The van der Waals surface area contributed by atoms with E-state index in [4.69, 9.17) is 15.2 Å². The summed E-state index contributed by atoms with van der Waals surface area (Å²) in [5.74, 6) is 0. The Kier molecular flexibility index (Phi) is 7.60. The molecule has 2 rings (SSSR count). The lowest BCUT2D eigenvalue weighted by Gasteiger charge is -2.22. The lowest BCUT2D eigenvalue weighted by atomic mass is 10.2. The fraction of sp³-hybridized carbons (Fsp3) is 0.263. The fourth-order valence-corrected chi connectivity index (χ4v) is 2.10. The number of carbonyl (C=O) groups excluding carboxylic acids is 2. The highest BCUT2D eigenvalue weighted by molar-refractivity contribution is 5.87. The van der Waals surface area contributed by atoms with Crippen molar-refractivity contribution in [3.63, 3.8) is 0 Å². The summed E-state index contributed by atoms with van der Waals surface area (Å²) < 4.78 is 10.3. The van der Waals surface area contributed by atoms with Gasteiger partial charge < -0.3 is 20.3 Å². The molecule has 1 unspecified atom stereocenters. The van der Waals surface area contributed by atoms with E-state index in [1.165, 1.54) is 0 Å². The average Bonchev–Trinajstić information content (AvgIpc) is 2.69. The molecule has 0 heterocycles. The van der Waals surface area contributed by atoms with E-state index in [-0.39, 0.29) is 26.3 Å². The van der Waals surface area contributed by atoms with E-state index in [0.29, 0.717) is 4.90 Å². The number of nitrogens with two attached hydrogens (primary N) is 1. The van der Waals surface area contributed by atoms with Crippen molar-refractivity contribution in [3.05, 3.63) is 71.8 Å². The van der Waals surface area contributed by atoms with Crippen LogP contribution in [0.4, 0.5) is 9.59 Å². The zero-order chi connectivity index (χ0) is 18.8. The third-order valence-corrected chi connectivity index (χ3v) is 3.52. The van der Waals surface area contributed by atoms with Crippen LogP contribution in [0.2, 0.25) is 0 Å². The summed E-state index contributed by atoms with van der Waals surface area (Å²) >= 11 is 0. The number of aliphatic hydroxyl groups is 1. The van der Waals surface area contributed by atoms with Crippen molar-refractivity contribution in [2.75, 3.05) is 13.1 Å². The van der Waals surface area contributed by atoms with Crippen LogP contribution in [0.5, 0.6) is 0 Å². The lowest BCUT2D eigenvalue weighted by molar-refractivity contribution is 0.0516. The molecule has 7 heteroatoms. The number of ether oxygens (including phenoxy) is 2. The van der Waals surface area contributed by atoms with Crippen LogP contribution in [-0.2, 0) is 22.7 Å². The summed E-state index contributed by atoms with van der Waals surface area (Å²) in [5.41, 5.74) is 6.92. The average molecular weight is 358 g/mol. The van der Waals surface area contributed by atoms with E-state index in [1.807, 2.05) is 36.4 Å². The molecule has 0 aliphatic rings. The van der Waals surface area contributed by atoms with Crippen LogP contribution in [-0.4, -0.2) is 41.4 Å². The van der Waals surface area contributed by atoms with Crippen molar-refractivity contribution in [3.8, 4) is 0 Å². The number of hydrogen-bond donors (Lipinski definition) is 2. The van der Waals surface area contributed by atoms with Gasteiger partial charge in [0.1, 0.15) is 13.2 Å². The van der Waals surface area contributed by atoms with E-state index in [0.717, 1.165) is 11.1 Å². The minimum atomic E-state index is -1.07. The Bertz CT molecular complexity index is 638. The summed E-state index contributed by atoms with van der Waals surface area (Å²) in [7, 11) is 0. The maximum Gasteiger partial charge on any atom is 0.419 e. The predicted molar refractivity (Wildman–Crippen MR) is 95.0 cm³/mol.